The van der Waals surface area contributed by atoms with Crippen molar-refractivity contribution in [3.8, 4) is 0 Å². The number of aliphatic hydroxyl groups excluding tert-OH is 1. The monoisotopic (exact) mass is 214 g/mol. The van der Waals surface area contributed by atoms with Crippen molar-refractivity contribution < 1.29 is 5.11 Å². The fourth-order valence-electron chi connectivity index (χ4n) is 2.08. The van der Waals surface area contributed by atoms with Gasteiger partial charge in [0.2, 0.25) is 0 Å². The molecule has 0 aromatic heterocycles. The van der Waals surface area contributed by atoms with E-state index in [1.165, 1.54) is 25.8 Å². The molecular weight excluding hydrogens is 188 g/mol. The molecule has 2 N–H and O–H groups in total. The van der Waals surface area contributed by atoms with E-state index >= 15 is 0 Å². The average Bonchev–Trinajstić information content (AvgIpc) is 2.26. The maximum atomic E-state index is 9.04. The predicted octanol–water partition coefficient (Wildman–Crippen LogP) is 1.08. The van der Waals surface area contributed by atoms with Crippen molar-refractivity contribution in [2.45, 2.75) is 45.2 Å². The second kappa shape index (κ2) is 6.46. The van der Waals surface area contributed by atoms with E-state index in [4.69, 9.17) is 5.11 Å². The summed E-state index contributed by atoms with van der Waals surface area (Å²) in [5.41, 5.74) is 0. The number of rotatable bonds is 5. The summed E-state index contributed by atoms with van der Waals surface area (Å²) in [6.07, 6.45) is 4.01. The van der Waals surface area contributed by atoms with E-state index in [0.717, 1.165) is 6.54 Å². The second-order valence-electron chi connectivity index (χ2n) is 4.99. The third-order valence-corrected chi connectivity index (χ3v) is 3.74. The van der Waals surface area contributed by atoms with Gasteiger partial charge >= 0.3 is 0 Å². The second-order valence-corrected chi connectivity index (χ2v) is 4.99. The van der Waals surface area contributed by atoms with Crippen molar-refractivity contribution >= 4 is 0 Å². The minimum atomic E-state index is 0.272. The van der Waals surface area contributed by atoms with Crippen molar-refractivity contribution in [2.75, 3.05) is 26.7 Å². The summed E-state index contributed by atoms with van der Waals surface area (Å²) in [4.78, 5) is 2.45. The van der Waals surface area contributed by atoms with Crippen molar-refractivity contribution in [1.29, 1.82) is 0 Å². The summed E-state index contributed by atoms with van der Waals surface area (Å²) < 4.78 is 0. The number of likely N-dealkylation sites (N-methyl/N-ethyl adjacent to an activating group) is 1. The largest absolute Gasteiger partial charge is 0.396 e. The van der Waals surface area contributed by atoms with Gasteiger partial charge < -0.3 is 15.3 Å². The van der Waals surface area contributed by atoms with Gasteiger partial charge in [-0.25, -0.2) is 0 Å². The maximum Gasteiger partial charge on any atom is 0.0471 e. The zero-order chi connectivity index (χ0) is 11.3. The molecule has 3 nitrogen and oxygen atoms in total. The molecule has 1 aliphatic rings. The molecule has 0 amide bonds. The molecule has 1 fully saturated rings. The van der Waals surface area contributed by atoms with Gasteiger partial charge in [0.1, 0.15) is 0 Å². The van der Waals surface area contributed by atoms with Crippen LogP contribution in [0.5, 0.6) is 0 Å². The Kier molecular flexibility index (Phi) is 5.58. The van der Waals surface area contributed by atoms with Crippen LogP contribution in [0.3, 0.4) is 0 Å². The Hall–Kier alpha value is -0.120. The minimum Gasteiger partial charge on any atom is -0.396 e. The number of piperidine rings is 1. The summed E-state index contributed by atoms with van der Waals surface area (Å²) in [6.45, 7) is 6.80. The highest BCUT2D eigenvalue weighted by molar-refractivity contribution is 4.78. The zero-order valence-corrected chi connectivity index (χ0v) is 10.4. The topological polar surface area (TPSA) is 35.5 Å². The van der Waals surface area contributed by atoms with E-state index in [1.807, 2.05) is 0 Å². The van der Waals surface area contributed by atoms with Crippen molar-refractivity contribution in [3.63, 3.8) is 0 Å². The molecule has 1 aliphatic heterocycles. The Morgan fingerprint density at radius 1 is 1.40 bits per heavy atom. The van der Waals surface area contributed by atoms with Crippen LogP contribution in [0.15, 0.2) is 0 Å². The number of nitrogens with one attached hydrogen (secondary N) is 1. The fraction of sp³-hybridized carbons (Fsp3) is 1.00. The first-order valence-electron chi connectivity index (χ1n) is 6.19. The summed E-state index contributed by atoms with van der Waals surface area (Å²) >= 11 is 0. The Balaban J connectivity index is 2.23. The molecule has 3 unspecified atom stereocenters. The van der Waals surface area contributed by atoms with E-state index in [2.05, 4.69) is 31.1 Å². The van der Waals surface area contributed by atoms with Gasteiger partial charge in [0.25, 0.3) is 0 Å². The molecule has 0 spiro atoms. The number of likely N-dealkylation sites (tertiary alicyclic amines) is 1. The molecule has 3 atom stereocenters. The molecule has 0 bridgehead atoms. The lowest BCUT2D eigenvalue weighted by Crippen LogP contribution is -2.46. The molecule has 90 valence electrons. The first-order valence-corrected chi connectivity index (χ1v) is 6.19. The third kappa shape index (κ3) is 4.09. The number of hydrogen-bond donors (Lipinski definition) is 2. The lowest BCUT2D eigenvalue weighted by molar-refractivity contribution is 0.163. The van der Waals surface area contributed by atoms with Crippen LogP contribution in [0.2, 0.25) is 0 Å². The zero-order valence-electron chi connectivity index (χ0n) is 10.4. The molecule has 0 aromatic rings. The van der Waals surface area contributed by atoms with E-state index in [1.54, 1.807) is 0 Å². The summed E-state index contributed by atoms with van der Waals surface area (Å²) in [6, 6.07) is 1.09. The van der Waals surface area contributed by atoms with Crippen LogP contribution in [-0.4, -0.2) is 48.8 Å². The smallest absolute Gasteiger partial charge is 0.0471 e. The Morgan fingerprint density at radius 3 is 2.73 bits per heavy atom. The van der Waals surface area contributed by atoms with Crippen LogP contribution in [-0.2, 0) is 0 Å². The molecule has 15 heavy (non-hydrogen) atoms. The van der Waals surface area contributed by atoms with Crippen LogP contribution in [0.25, 0.3) is 0 Å². The Morgan fingerprint density at radius 2 is 2.13 bits per heavy atom. The highest BCUT2D eigenvalue weighted by atomic mass is 16.3. The van der Waals surface area contributed by atoms with E-state index < -0.39 is 0 Å². The van der Waals surface area contributed by atoms with Gasteiger partial charge in [-0.1, -0.05) is 13.3 Å². The summed E-state index contributed by atoms with van der Waals surface area (Å²) in [7, 11) is 2.21. The van der Waals surface area contributed by atoms with Gasteiger partial charge in [-0.3, -0.25) is 0 Å². The minimum absolute atomic E-state index is 0.272. The van der Waals surface area contributed by atoms with Gasteiger partial charge in [0.05, 0.1) is 0 Å². The van der Waals surface area contributed by atoms with Crippen LogP contribution in [0.4, 0.5) is 0 Å². The average molecular weight is 214 g/mol. The first kappa shape index (κ1) is 12.9. The predicted molar refractivity (Wildman–Crippen MR) is 64.0 cm³/mol. The normalized spacial score (nSPS) is 27.6. The van der Waals surface area contributed by atoms with Gasteiger partial charge in [0, 0.05) is 25.2 Å². The van der Waals surface area contributed by atoms with Crippen molar-refractivity contribution in [1.82, 2.24) is 10.2 Å². The number of aliphatic hydroxyl groups is 1. The van der Waals surface area contributed by atoms with Crippen LogP contribution >= 0.6 is 0 Å². The van der Waals surface area contributed by atoms with Gasteiger partial charge in [0.15, 0.2) is 0 Å². The molecular formula is C12H26N2O. The molecule has 3 heteroatoms. The summed E-state index contributed by atoms with van der Waals surface area (Å²) in [5, 5.41) is 12.6. The van der Waals surface area contributed by atoms with Crippen molar-refractivity contribution in [3.05, 3.63) is 0 Å². The Labute approximate surface area is 93.9 Å². The maximum absolute atomic E-state index is 9.04. The molecule has 1 rings (SSSR count). The van der Waals surface area contributed by atoms with Crippen LogP contribution < -0.4 is 5.32 Å². The van der Waals surface area contributed by atoms with Gasteiger partial charge in [-0.15, -0.1) is 0 Å². The molecule has 0 aliphatic carbocycles. The van der Waals surface area contributed by atoms with Crippen molar-refractivity contribution in [2.24, 2.45) is 5.92 Å². The lowest BCUT2D eigenvalue weighted by atomic mass is 10.0. The SMILES string of the molecule is CC(CO)C(C)NCC1CCCCN1C. The lowest BCUT2D eigenvalue weighted by Gasteiger charge is -2.34. The molecule has 0 radical (unpaired) electrons. The van der Waals surface area contributed by atoms with E-state index in [9.17, 15) is 0 Å². The highest BCUT2D eigenvalue weighted by Crippen LogP contribution is 2.14. The molecule has 1 saturated heterocycles. The Bertz CT molecular complexity index is 175. The fourth-order valence-corrected chi connectivity index (χ4v) is 2.08. The van der Waals surface area contributed by atoms with E-state index in [-0.39, 0.29) is 6.61 Å². The van der Waals surface area contributed by atoms with Gasteiger partial charge in [-0.2, -0.15) is 0 Å². The molecule has 1 heterocycles. The van der Waals surface area contributed by atoms with Gasteiger partial charge in [-0.05, 0) is 39.3 Å². The van der Waals surface area contributed by atoms with Crippen LogP contribution in [0.1, 0.15) is 33.1 Å². The van der Waals surface area contributed by atoms with Crippen LogP contribution in [0, 0.1) is 5.92 Å². The molecule has 0 saturated carbocycles. The summed E-state index contributed by atoms with van der Waals surface area (Å²) in [5.74, 6) is 0.346. The van der Waals surface area contributed by atoms with E-state index in [0.29, 0.717) is 18.0 Å². The first-order chi connectivity index (χ1) is 7.15. The number of nitrogens with zero attached hydrogens (tertiary/aromatic N) is 1. The number of hydrogen-bond acceptors (Lipinski definition) is 3. The highest BCUT2D eigenvalue weighted by Gasteiger charge is 2.20. The quantitative estimate of drug-likeness (QED) is 0.719. The third-order valence-electron chi connectivity index (χ3n) is 3.74. The molecule has 0 aromatic carbocycles. The standard InChI is InChI=1S/C12H26N2O/c1-10(9-15)11(2)13-8-12-6-4-5-7-14(12)3/h10-13,15H,4-9H2,1-3H3.